The van der Waals surface area contributed by atoms with Crippen molar-refractivity contribution in [2.45, 2.75) is 19.3 Å². The molecule has 0 radical (unpaired) electrons. The van der Waals surface area contributed by atoms with E-state index in [0.29, 0.717) is 4.90 Å². The number of rotatable bonds is 9. The van der Waals surface area contributed by atoms with Crippen LogP contribution in [-0.4, -0.2) is 63.9 Å². The Balaban J connectivity index is 1.42. The first kappa shape index (κ1) is 23.8. The monoisotopic (exact) mass is 487 g/mol. The first-order valence-electron chi connectivity index (χ1n) is 10.3. The van der Waals surface area contributed by atoms with Gasteiger partial charge in [-0.2, -0.15) is 0 Å². The number of nitrogens with one attached hydrogen (secondary N) is 1. The van der Waals surface area contributed by atoms with Crippen molar-refractivity contribution in [3.63, 3.8) is 0 Å². The highest BCUT2D eigenvalue weighted by Crippen LogP contribution is 2.32. The number of nitrogens with zero attached hydrogens (tertiary/aromatic N) is 4. The number of amides is 3. The Bertz CT molecular complexity index is 1310. The average molecular weight is 487 g/mol. The van der Waals surface area contributed by atoms with Gasteiger partial charge in [0.2, 0.25) is 17.6 Å². The molecule has 2 aromatic carbocycles. The molecule has 0 saturated heterocycles. The van der Waals surface area contributed by atoms with Crippen LogP contribution in [0.4, 0.5) is 15.8 Å². The predicted molar refractivity (Wildman–Crippen MR) is 115 cm³/mol. The molecule has 1 aromatic heterocycles. The summed E-state index contributed by atoms with van der Waals surface area (Å²) in [5.74, 6) is -2.51. The zero-order valence-corrected chi connectivity index (χ0v) is 18.2. The number of nitro groups is 1. The standard InChI is InChI=1S/C21H18FN5O8/c1-2-34-16(26-20(29)12-6-4-3-5-11(12)17(22)21(26)30)10-33-9-15(28)23-13-7-8-14(27(31)32)19-18(13)24-35-25-19/h3-8,16-17H,2,9-10H2,1H3,(H,23,28). The average Bonchev–Trinajstić information content (AvgIpc) is 3.33. The van der Waals surface area contributed by atoms with Crippen molar-refractivity contribution in [1.29, 1.82) is 0 Å². The molecule has 35 heavy (non-hydrogen) atoms. The van der Waals surface area contributed by atoms with E-state index in [-0.39, 0.29) is 40.1 Å². The molecule has 182 valence electrons. The Morgan fingerprint density at radius 2 is 2.00 bits per heavy atom. The van der Waals surface area contributed by atoms with E-state index >= 15 is 0 Å². The molecule has 0 fully saturated rings. The van der Waals surface area contributed by atoms with Crippen LogP contribution in [0.25, 0.3) is 11.0 Å². The van der Waals surface area contributed by atoms with E-state index in [2.05, 4.69) is 20.3 Å². The number of carbonyl (C=O) groups is 3. The Kier molecular flexibility index (Phi) is 6.75. The van der Waals surface area contributed by atoms with Gasteiger partial charge in [-0.3, -0.25) is 24.5 Å². The van der Waals surface area contributed by atoms with E-state index in [1.807, 2.05) is 0 Å². The smallest absolute Gasteiger partial charge is 0.300 e. The Morgan fingerprint density at radius 1 is 1.26 bits per heavy atom. The highest BCUT2D eigenvalue weighted by Gasteiger charge is 2.43. The predicted octanol–water partition coefficient (Wildman–Crippen LogP) is 2.14. The lowest BCUT2D eigenvalue weighted by Crippen LogP contribution is -2.52. The SMILES string of the molecule is CCOC(COCC(=O)Nc1ccc([N+](=O)[O-])c2nonc12)N1C(=O)c2ccccc2C(F)C1=O. The van der Waals surface area contributed by atoms with Crippen LogP contribution >= 0.6 is 0 Å². The number of benzene rings is 2. The van der Waals surface area contributed by atoms with Gasteiger partial charge in [-0.05, 0) is 29.4 Å². The van der Waals surface area contributed by atoms with Crippen molar-refractivity contribution in [2.24, 2.45) is 0 Å². The molecule has 0 saturated carbocycles. The second-order valence-electron chi connectivity index (χ2n) is 7.29. The van der Waals surface area contributed by atoms with Crippen LogP contribution < -0.4 is 5.32 Å². The fourth-order valence-electron chi connectivity index (χ4n) is 3.60. The number of alkyl halides is 1. The zero-order valence-electron chi connectivity index (χ0n) is 18.2. The fourth-order valence-corrected chi connectivity index (χ4v) is 3.60. The van der Waals surface area contributed by atoms with Crippen LogP contribution in [0.15, 0.2) is 41.0 Å². The second kappa shape index (κ2) is 9.90. The maximum Gasteiger partial charge on any atom is 0.300 e. The van der Waals surface area contributed by atoms with Gasteiger partial charge >= 0.3 is 5.69 Å². The third-order valence-corrected chi connectivity index (χ3v) is 5.14. The number of halogens is 1. The summed E-state index contributed by atoms with van der Waals surface area (Å²) >= 11 is 0. The van der Waals surface area contributed by atoms with Crippen LogP contribution in [0.1, 0.15) is 29.0 Å². The summed E-state index contributed by atoms with van der Waals surface area (Å²) in [7, 11) is 0. The molecule has 14 heteroatoms. The van der Waals surface area contributed by atoms with E-state index in [9.17, 15) is 28.9 Å². The van der Waals surface area contributed by atoms with E-state index in [4.69, 9.17) is 9.47 Å². The summed E-state index contributed by atoms with van der Waals surface area (Å²) < 4.78 is 30.0. The van der Waals surface area contributed by atoms with E-state index in [1.165, 1.54) is 24.3 Å². The lowest BCUT2D eigenvalue weighted by Gasteiger charge is -2.34. The second-order valence-corrected chi connectivity index (χ2v) is 7.29. The maximum absolute atomic E-state index is 14.7. The first-order chi connectivity index (χ1) is 16.8. The summed E-state index contributed by atoms with van der Waals surface area (Å²) in [4.78, 5) is 48.8. The number of fused-ring (bicyclic) bond motifs is 2. The van der Waals surface area contributed by atoms with Gasteiger partial charge in [-0.15, -0.1) is 0 Å². The molecule has 2 heterocycles. The molecule has 1 aliphatic rings. The molecule has 4 rings (SSSR count). The van der Waals surface area contributed by atoms with Crippen molar-refractivity contribution in [1.82, 2.24) is 15.2 Å². The highest BCUT2D eigenvalue weighted by atomic mass is 19.1. The molecule has 0 bridgehead atoms. The van der Waals surface area contributed by atoms with Crippen LogP contribution in [0, 0.1) is 10.1 Å². The number of hydrogen-bond donors (Lipinski definition) is 1. The Hall–Kier alpha value is -4.30. The molecule has 1 aliphatic heterocycles. The number of carbonyl (C=O) groups excluding carboxylic acids is 3. The topological polar surface area (TPSA) is 167 Å². The van der Waals surface area contributed by atoms with Crippen LogP contribution in [-0.2, 0) is 19.1 Å². The van der Waals surface area contributed by atoms with E-state index in [0.717, 1.165) is 6.07 Å². The molecular formula is C21H18FN5O8. The summed E-state index contributed by atoms with van der Waals surface area (Å²) in [5, 5.41) is 20.6. The summed E-state index contributed by atoms with van der Waals surface area (Å²) in [6, 6.07) is 8.24. The van der Waals surface area contributed by atoms with Gasteiger partial charge in [0, 0.05) is 23.8 Å². The zero-order chi connectivity index (χ0) is 25.1. The molecule has 2 unspecified atom stereocenters. The van der Waals surface area contributed by atoms with Crippen molar-refractivity contribution in [3.8, 4) is 0 Å². The normalized spacial score (nSPS) is 16.3. The van der Waals surface area contributed by atoms with Crippen LogP contribution in [0.5, 0.6) is 0 Å². The molecule has 3 amide bonds. The van der Waals surface area contributed by atoms with Gasteiger partial charge in [0.1, 0.15) is 6.61 Å². The lowest BCUT2D eigenvalue weighted by molar-refractivity contribution is -0.383. The van der Waals surface area contributed by atoms with E-state index in [1.54, 1.807) is 13.0 Å². The molecule has 13 nitrogen and oxygen atoms in total. The maximum atomic E-state index is 14.7. The molecule has 0 aliphatic carbocycles. The van der Waals surface area contributed by atoms with Gasteiger partial charge in [-0.25, -0.2) is 13.9 Å². The van der Waals surface area contributed by atoms with Crippen molar-refractivity contribution >= 4 is 40.1 Å². The van der Waals surface area contributed by atoms with Gasteiger partial charge in [0.05, 0.1) is 17.2 Å². The number of hydrogen-bond acceptors (Lipinski definition) is 10. The molecular weight excluding hydrogens is 469 g/mol. The first-order valence-corrected chi connectivity index (χ1v) is 10.3. The van der Waals surface area contributed by atoms with Crippen LogP contribution in [0.3, 0.4) is 0 Å². The summed E-state index contributed by atoms with van der Waals surface area (Å²) in [5.41, 5.74) is -0.416. The highest BCUT2D eigenvalue weighted by molar-refractivity contribution is 6.11. The number of non-ortho nitro benzene ring substituents is 1. The molecule has 0 spiro atoms. The Labute approximate surface area is 195 Å². The van der Waals surface area contributed by atoms with Crippen molar-refractivity contribution in [3.05, 3.63) is 57.6 Å². The molecule has 3 aromatic rings. The minimum atomic E-state index is -2.05. The molecule has 2 atom stereocenters. The quantitative estimate of drug-likeness (QED) is 0.268. The van der Waals surface area contributed by atoms with Gasteiger partial charge < -0.3 is 14.8 Å². The minimum Gasteiger partial charge on any atom is -0.367 e. The summed E-state index contributed by atoms with van der Waals surface area (Å²) in [6.45, 7) is 0.745. The third-order valence-electron chi connectivity index (χ3n) is 5.14. The number of aromatic nitrogens is 2. The van der Waals surface area contributed by atoms with Gasteiger partial charge in [0.25, 0.3) is 11.8 Å². The number of anilines is 1. The molecule has 1 N–H and O–H groups in total. The number of imide groups is 1. The van der Waals surface area contributed by atoms with Crippen LogP contribution in [0.2, 0.25) is 0 Å². The van der Waals surface area contributed by atoms with E-state index < -0.39 is 48.3 Å². The minimum absolute atomic E-state index is 0.0222. The third kappa shape index (κ3) is 4.56. The Morgan fingerprint density at radius 3 is 2.74 bits per heavy atom. The number of ether oxygens (including phenoxy) is 2. The van der Waals surface area contributed by atoms with Gasteiger partial charge in [-0.1, -0.05) is 18.2 Å². The summed E-state index contributed by atoms with van der Waals surface area (Å²) in [6.07, 6.45) is -3.32. The largest absolute Gasteiger partial charge is 0.367 e. The lowest BCUT2D eigenvalue weighted by atomic mass is 9.97. The fraction of sp³-hybridized carbons (Fsp3) is 0.286. The van der Waals surface area contributed by atoms with Gasteiger partial charge in [0.15, 0.2) is 11.7 Å². The van der Waals surface area contributed by atoms with Crippen molar-refractivity contribution < 1.29 is 37.8 Å². The number of nitro benzene ring substituents is 1. The van der Waals surface area contributed by atoms with Crippen molar-refractivity contribution in [2.75, 3.05) is 25.1 Å².